The quantitative estimate of drug-likeness (QED) is 0.718. The van der Waals surface area contributed by atoms with Gasteiger partial charge in [0.2, 0.25) is 5.91 Å². The van der Waals surface area contributed by atoms with E-state index < -0.39 is 0 Å². The second kappa shape index (κ2) is 8.92. The Morgan fingerprint density at radius 1 is 0.970 bits per heavy atom. The molecular formula is C25H30N4O4. The summed E-state index contributed by atoms with van der Waals surface area (Å²) in [5.41, 5.74) is 1.65. The molecule has 1 atom stereocenters. The van der Waals surface area contributed by atoms with Crippen LogP contribution in [0.2, 0.25) is 0 Å². The molecule has 1 aromatic carbocycles. The molecular weight excluding hydrogens is 420 g/mol. The van der Waals surface area contributed by atoms with Gasteiger partial charge in [-0.25, -0.2) is 4.79 Å². The normalized spacial score (nSPS) is 21.3. The lowest BCUT2D eigenvalue weighted by Gasteiger charge is -2.39. The minimum absolute atomic E-state index is 0.0368. The number of methoxy groups -OCH3 is 1. The first-order chi connectivity index (χ1) is 16.0. The minimum atomic E-state index is -0.160. The maximum Gasteiger partial charge on any atom is 0.329 e. The first-order valence-electron chi connectivity index (χ1n) is 11.7. The Morgan fingerprint density at radius 3 is 2.42 bits per heavy atom. The molecule has 0 aliphatic carbocycles. The number of rotatable bonds is 4. The average molecular weight is 451 g/mol. The van der Waals surface area contributed by atoms with Crippen molar-refractivity contribution in [3.05, 3.63) is 53.9 Å². The lowest BCUT2D eigenvalue weighted by molar-refractivity contribution is -0.138. The number of amides is 3. The lowest BCUT2D eigenvalue weighted by Crippen LogP contribution is -2.51. The van der Waals surface area contributed by atoms with Gasteiger partial charge in [-0.15, -0.1) is 0 Å². The van der Waals surface area contributed by atoms with Gasteiger partial charge in [-0.1, -0.05) is 0 Å². The Bertz CT molecular complexity index is 1040. The molecule has 0 spiro atoms. The molecule has 0 saturated carbocycles. The van der Waals surface area contributed by atoms with E-state index in [0.717, 1.165) is 31.4 Å². The monoisotopic (exact) mass is 450 g/mol. The number of benzene rings is 1. The van der Waals surface area contributed by atoms with Crippen molar-refractivity contribution in [3.8, 4) is 5.75 Å². The van der Waals surface area contributed by atoms with Crippen LogP contribution in [0, 0.1) is 5.92 Å². The molecule has 2 aromatic rings. The summed E-state index contributed by atoms with van der Waals surface area (Å²) in [6.45, 7) is 3.10. The van der Waals surface area contributed by atoms with Crippen LogP contribution in [0.25, 0.3) is 0 Å². The van der Waals surface area contributed by atoms with Gasteiger partial charge in [0.25, 0.3) is 5.91 Å². The molecule has 1 unspecified atom stereocenters. The van der Waals surface area contributed by atoms with E-state index in [4.69, 9.17) is 4.74 Å². The fourth-order valence-electron chi connectivity index (χ4n) is 5.33. The summed E-state index contributed by atoms with van der Waals surface area (Å²) in [6.07, 6.45) is 5.05. The summed E-state index contributed by atoms with van der Waals surface area (Å²) < 4.78 is 6.89. The first-order valence-corrected chi connectivity index (χ1v) is 11.7. The number of piperidine rings is 2. The molecule has 5 rings (SSSR count). The molecule has 3 aliphatic heterocycles. The average Bonchev–Trinajstić information content (AvgIpc) is 3.46. The van der Waals surface area contributed by atoms with Gasteiger partial charge < -0.3 is 19.4 Å². The predicted octanol–water partition coefficient (Wildman–Crippen LogP) is 2.82. The summed E-state index contributed by atoms with van der Waals surface area (Å²) in [7, 11) is 1.60. The Hall–Kier alpha value is -3.29. The van der Waals surface area contributed by atoms with Crippen LogP contribution in [0.4, 0.5) is 4.79 Å². The number of nitrogens with zero attached hydrogens (tertiary/aromatic N) is 4. The molecule has 0 radical (unpaired) electrons. The van der Waals surface area contributed by atoms with E-state index in [-0.39, 0.29) is 29.8 Å². The summed E-state index contributed by atoms with van der Waals surface area (Å²) in [6, 6.07) is 11.2. The van der Waals surface area contributed by atoms with Gasteiger partial charge in [0, 0.05) is 49.7 Å². The van der Waals surface area contributed by atoms with Crippen molar-refractivity contribution in [2.45, 2.75) is 38.3 Å². The lowest BCUT2D eigenvalue weighted by atomic mass is 9.94. The Kier molecular flexibility index (Phi) is 5.83. The van der Waals surface area contributed by atoms with Gasteiger partial charge in [0.15, 0.2) is 0 Å². The van der Waals surface area contributed by atoms with E-state index in [1.54, 1.807) is 40.8 Å². The van der Waals surface area contributed by atoms with Crippen molar-refractivity contribution in [3.63, 3.8) is 0 Å². The number of carbonyl (C=O) groups excluding carboxylic acids is 3. The fourth-order valence-corrected chi connectivity index (χ4v) is 5.33. The van der Waals surface area contributed by atoms with Crippen LogP contribution in [0.1, 0.15) is 41.7 Å². The molecule has 3 aliphatic rings. The summed E-state index contributed by atoms with van der Waals surface area (Å²) >= 11 is 0. The smallest absolute Gasteiger partial charge is 0.329 e. The van der Waals surface area contributed by atoms with Gasteiger partial charge >= 0.3 is 6.03 Å². The van der Waals surface area contributed by atoms with E-state index in [9.17, 15) is 14.4 Å². The topological polar surface area (TPSA) is 75.1 Å². The van der Waals surface area contributed by atoms with E-state index in [2.05, 4.69) is 0 Å². The Labute approximate surface area is 193 Å². The zero-order valence-corrected chi connectivity index (χ0v) is 19.0. The second-order valence-electron chi connectivity index (χ2n) is 9.16. The highest BCUT2D eigenvalue weighted by Gasteiger charge is 2.37. The van der Waals surface area contributed by atoms with Crippen LogP contribution in [-0.4, -0.2) is 76.4 Å². The molecule has 33 heavy (non-hydrogen) atoms. The van der Waals surface area contributed by atoms with Gasteiger partial charge in [-0.3, -0.25) is 14.2 Å². The molecule has 1 aromatic heterocycles. The fraction of sp³-hybridized carbons (Fsp3) is 0.480. The third-order valence-electron chi connectivity index (χ3n) is 7.23. The van der Waals surface area contributed by atoms with Crippen LogP contribution in [0.15, 0.2) is 42.6 Å². The van der Waals surface area contributed by atoms with E-state index >= 15 is 0 Å². The SMILES string of the molecule is COc1ccc(C(=O)N2CCCC(C(=O)N3CCC(N4Cc5cccn5C4=O)CC3)C2)cc1. The van der Waals surface area contributed by atoms with Crippen molar-refractivity contribution < 1.29 is 19.1 Å². The van der Waals surface area contributed by atoms with E-state index in [1.165, 1.54) is 0 Å². The van der Waals surface area contributed by atoms with Crippen molar-refractivity contribution in [1.29, 1.82) is 0 Å². The number of ether oxygens (including phenoxy) is 1. The molecule has 0 bridgehead atoms. The zero-order chi connectivity index (χ0) is 22.9. The van der Waals surface area contributed by atoms with Gasteiger partial charge in [-0.05, 0) is 62.1 Å². The maximum absolute atomic E-state index is 13.3. The van der Waals surface area contributed by atoms with Crippen molar-refractivity contribution in [2.24, 2.45) is 5.92 Å². The third-order valence-corrected chi connectivity index (χ3v) is 7.23. The standard InChI is InChI=1S/C25H30N4O4/c1-33-22-8-6-18(7-9-22)23(30)27-12-2-4-19(16-27)24(31)26-14-10-20(11-15-26)29-17-21-5-3-13-28(21)25(29)32/h3,5-9,13,19-20H,2,4,10-12,14-17H2,1H3. The van der Waals surface area contributed by atoms with Crippen molar-refractivity contribution >= 4 is 17.8 Å². The molecule has 0 N–H and O–H groups in total. The van der Waals surface area contributed by atoms with Crippen LogP contribution in [0.5, 0.6) is 5.75 Å². The van der Waals surface area contributed by atoms with Crippen molar-refractivity contribution in [1.82, 2.24) is 19.3 Å². The molecule has 4 heterocycles. The number of hydrogen-bond acceptors (Lipinski definition) is 4. The van der Waals surface area contributed by atoms with Crippen LogP contribution < -0.4 is 4.74 Å². The summed E-state index contributed by atoms with van der Waals surface area (Å²) in [5, 5.41) is 0. The Morgan fingerprint density at radius 2 is 1.73 bits per heavy atom. The number of hydrogen-bond donors (Lipinski definition) is 0. The largest absolute Gasteiger partial charge is 0.497 e. The van der Waals surface area contributed by atoms with Gasteiger partial charge in [0.1, 0.15) is 5.75 Å². The molecule has 2 saturated heterocycles. The number of likely N-dealkylation sites (tertiary alicyclic amines) is 2. The second-order valence-corrected chi connectivity index (χ2v) is 9.16. The van der Waals surface area contributed by atoms with Gasteiger partial charge in [-0.2, -0.15) is 0 Å². The molecule has 8 heteroatoms. The zero-order valence-electron chi connectivity index (χ0n) is 19.0. The number of aromatic nitrogens is 1. The molecule has 174 valence electrons. The number of carbonyl (C=O) groups is 3. The highest BCUT2D eigenvalue weighted by Crippen LogP contribution is 2.27. The number of fused-ring (bicyclic) bond motifs is 1. The van der Waals surface area contributed by atoms with Crippen LogP contribution in [-0.2, 0) is 11.3 Å². The summed E-state index contributed by atoms with van der Waals surface area (Å²) in [5.74, 6) is 0.655. The van der Waals surface area contributed by atoms with Gasteiger partial charge in [0.05, 0.1) is 19.6 Å². The Balaban J connectivity index is 1.16. The highest BCUT2D eigenvalue weighted by atomic mass is 16.5. The van der Waals surface area contributed by atoms with E-state index in [0.29, 0.717) is 44.0 Å². The predicted molar refractivity (Wildman–Crippen MR) is 122 cm³/mol. The maximum atomic E-state index is 13.3. The minimum Gasteiger partial charge on any atom is -0.497 e. The third kappa shape index (κ3) is 4.10. The van der Waals surface area contributed by atoms with Crippen molar-refractivity contribution in [2.75, 3.05) is 33.3 Å². The summed E-state index contributed by atoms with van der Waals surface area (Å²) in [4.78, 5) is 44.5. The first kappa shape index (κ1) is 21.6. The van der Waals surface area contributed by atoms with Crippen LogP contribution in [0.3, 0.4) is 0 Å². The van der Waals surface area contributed by atoms with E-state index in [1.807, 2.05) is 28.1 Å². The molecule has 3 amide bonds. The highest BCUT2D eigenvalue weighted by molar-refractivity contribution is 5.95. The molecule has 8 nitrogen and oxygen atoms in total. The van der Waals surface area contributed by atoms with Crippen LogP contribution >= 0.6 is 0 Å². The molecule has 2 fully saturated rings.